The van der Waals surface area contributed by atoms with Gasteiger partial charge in [-0.3, -0.25) is 5.43 Å². The fourth-order valence-corrected chi connectivity index (χ4v) is 2.19. The van der Waals surface area contributed by atoms with Crippen molar-refractivity contribution in [3.05, 3.63) is 54.2 Å². The monoisotopic (exact) mass is 282 g/mol. The van der Waals surface area contributed by atoms with Crippen LogP contribution in [0.4, 0.5) is 11.5 Å². The van der Waals surface area contributed by atoms with Gasteiger partial charge in [0.1, 0.15) is 5.82 Å². The van der Waals surface area contributed by atoms with Gasteiger partial charge in [-0.25, -0.2) is 4.98 Å². The van der Waals surface area contributed by atoms with Crippen LogP contribution in [0.1, 0.15) is 5.56 Å². The zero-order chi connectivity index (χ0) is 14.3. The first kappa shape index (κ1) is 13.6. The molecule has 5 heteroatoms. The summed E-state index contributed by atoms with van der Waals surface area (Å²) in [4.78, 5) is 6.47. The molecule has 2 aromatic rings. The van der Waals surface area contributed by atoms with Gasteiger partial charge in [0.2, 0.25) is 0 Å². The molecule has 0 unspecified atom stereocenters. The van der Waals surface area contributed by atoms with Gasteiger partial charge >= 0.3 is 0 Å². The molecule has 5 nitrogen and oxygen atoms in total. The summed E-state index contributed by atoms with van der Waals surface area (Å²) >= 11 is 0. The Morgan fingerprint density at radius 2 is 1.90 bits per heavy atom. The van der Waals surface area contributed by atoms with E-state index in [1.807, 2.05) is 18.2 Å². The van der Waals surface area contributed by atoms with Crippen molar-refractivity contribution in [1.82, 2.24) is 4.98 Å². The Morgan fingerprint density at radius 3 is 2.62 bits per heavy atom. The lowest BCUT2D eigenvalue weighted by atomic mass is 10.2. The molecule has 1 aromatic heterocycles. The fourth-order valence-electron chi connectivity index (χ4n) is 2.19. The van der Waals surface area contributed by atoms with Crippen molar-refractivity contribution in [2.75, 3.05) is 36.6 Å². The highest BCUT2D eigenvalue weighted by Gasteiger charge is 2.10. The van der Waals surface area contributed by atoms with Gasteiger partial charge < -0.3 is 9.64 Å². The number of ether oxygens (including phenoxy) is 1. The molecular formula is C16H18N4O. The third-order valence-corrected chi connectivity index (χ3v) is 3.33. The van der Waals surface area contributed by atoms with E-state index in [1.165, 1.54) is 5.69 Å². The number of anilines is 2. The van der Waals surface area contributed by atoms with Gasteiger partial charge in [0.15, 0.2) is 0 Å². The third kappa shape index (κ3) is 3.79. The molecule has 1 aliphatic rings. The maximum atomic E-state index is 5.36. The lowest BCUT2D eigenvalue weighted by Crippen LogP contribution is -2.36. The highest BCUT2D eigenvalue weighted by Crippen LogP contribution is 2.16. The van der Waals surface area contributed by atoms with Crippen molar-refractivity contribution >= 4 is 17.7 Å². The van der Waals surface area contributed by atoms with Crippen molar-refractivity contribution in [1.29, 1.82) is 0 Å². The smallest absolute Gasteiger partial charge is 0.146 e. The number of hydrazone groups is 1. The van der Waals surface area contributed by atoms with E-state index in [4.69, 9.17) is 4.74 Å². The SMILES string of the molecule is C(=N/Nc1ccccn1)/c1ccc(N2CCOCC2)cc1. The molecule has 1 N–H and O–H groups in total. The molecular weight excluding hydrogens is 264 g/mol. The number of nitrogens with one attached hydrogen (secondary N) is 1. The molecule has 0 atom stereocenters. The molecule has 0 spiro atoms. The molecule has 3 rings (SSSR count). The van der Waals surface area contributed by atoms with Crippen LogP contribution in [0.2, 0.25) is 0 Å². The summed E-state index contributed by atoms with van der Waals surface area (Å²) in [5.74, 6) is 0.735. The Kier molecular flexibility index (Phi) is 4.43. The van der Waals surface area contributed by atoms with E-state index in [1.54, 1.807) is 12.4 Å². The second kappa shape index (κ2) is 6.85. The topological polar surface area (TPSA) is 49.8 Å². The van der Waals surface area contributed by atoms with E-state index in [0.29, 0.717) is 0 Å². The standard InChI is InChI=1S/C16H18N4O/c1-2-8-17-16(3-1)19-18-13-14-4-6-15(7-5-14)20-9-11-21-12-10-20/h1-8,13H,9-12H2,(H,17,19)/b18-13-. The predicted octanol–water partition coefficient (Wildman–Crippen LogP) is 2.36. The van der Waals surface area contributed by atoms with Crippen LogP contribution in [0.15, 0.2) is 53.8 Å². The minimum Gasteiger partial charge on any atom is -0.378 e. The molecule has 1 fully saturated rings. The van der Waals surface area contributed by atoms with Crippen LogP contribution in [-0.4, -0.2) is 37.5 Å². The van der Waals surface area contributed by atoms with E-state index >= 15 is 0 Å². The first-order valence-corrected chi connectivity index (χ1v) is 7.05. The lowest BCUT2D eigenvalue weighted by Gasteiger charge is -2.28. The van der Waals surface area contributed by atoms with Crippen molar-refractivity contribution < 1.29 is 4.74 Å². The molecule has 0 amide bonds. The zero-order valence-corrected chi connectivity index (χ0v) is 11.8. The molecule has 1 aliphatic heterocycles. The number of rotatable bonds is 4. The predicted molar refractivity (Wildman–Crippen MR) is 84.9 cm³/mol. The summed E-state index contributed by atoms with van der Waals surface area (Å²) < 4.78 is 5.36. The minimum absolute atomic E-state index is 0.735. The Bertz CT molecular complexity index is 577. The first-order valence-electron chi connectivity index (χ1n) is 7.05. The molecule has 1 saturated heterocycles. The average molecular weight is 282 g/mol. The molecule has 0 saturated carbocycles. The summed E-state index contributed by atoms with van der Waals surface area (Å²) in [6, 6.07) is 14.0. The second-order valence-electron chi connectivity index (χ2n) is 4.78. The van der Waals surface area contributed by atoms with Gasteiger partial charge in [-0.1, -0.05) is 18.2 Å². The number of nitrogens with zero attached hydrogens (tertiary/aromatic N) is 3. The van der Waals surface area contributed by atoms with Crippen LogP contribution in [0.3, 0.4) is 0 Å². The van der Waals surface area contributed by atoms with Gasteiger partial charge in [-0.2, -0.15) is 5.10 Å². The van der Waals surface area contributed by atoms with Crippen molar-refractivity contribution in [3.63, 3.8) is 0 Å². The molecule has 0 bridgehead atoms. The van der Waals surface area contributed by atoms with Crippen LogP contribution >= 0.6 is 0 Å². The molecule has 1 aromatic carbocycles. The van der Waals surface area contributed by atoms with Gasteiger partial charge in [0.25, 0.3) is 0 Å². The Labute approximate surface area is 124 Å². The summed E-state index contributed by atoms with van der Waals surface area (Å²) in [6.45, 7) is 3.51. The highest BCUT2D eigenvalue weighted by atomic mass is 16.5. The maximum Gasteiger partial charge on any atom is 0.146 e. The summed E-state index contributed by atoms with van der Waals surface area (Å²) in [5.41, 5.74) is 5.18. The molecule has 108 valence electrons. The van der Waals surface area contributed by atoms with E-state index in [9.17, 15) is 0 Å². The van der Waals surface area contributed by atoms with Crippen LogP contribution in [0.5, 0.6) is 0 Å². The van der Waals surface area contributed by atoms with Crippen LogP contribution in [-0.2, 0) is 4.74 Å². The van der Waals surface area contributed by atoms with E-state index in [-0.39, 0.29) is 0 Å². The molecule has 0 radical (unpaired) electrons. The Balaban J connectivity index is 1.59. The van der Waals surface area contributed by atoms with Gasteiger partial charge in [0.05, 0.1) is 19.4 Å². The van der Waals surface area contributed by atoms with Crippen molar-refractivity contribution in [2.45, 2.75) is 0 Å². The van der Waals surface area contributed by atoms with E-state index in [2.05, 4.69) is 44.7 Å². The zero-order valence-electron chi connectivity index (χ0n) is 11.8. The van der Waals surface area contributed by atoms with Gasteiger partial charge in [0, 0.05) is 25.0 Å². The van der Waals surface area contributed by atoms with E-state index in [0.717, 1.165) is 37.7 Å². The fraction of sp³-hybridized carbons (Fsp3) is 0.250. The number of aromatic nitrogens is 1. The first-order chi connectivity index (χ1) is 10.4. The van der Waals surface area contributed by atoms with Crippen LogP contribution < -0.4 is 10.3 Å². The van der Waals surface area contributed by atoms with Crippen LogP contribution in [0, 0.1) is 0 Å². The normalized spacial score (nSPS) is 15.3. The molecule has 0 aliphatic carbocycles. The third-order valence-electron chi connectivity index (χ3n) is 3.33. The number of pyridine rings is 1. The quantitative estimate of drug-likeness (QED) is 0.691. The minimum atomic E-state index is 0.735. The number of hydrogen-bond donors (Lipinski definition) is 1. The van der Waals surface area contributed by atoms with Crippen molar-refractivity contribution in [3.8, 4) is 0 Å². The summed E-state index contributed by atoms with van der Waals surface area (Å²) in [7, 11) is 0. The number of hydrogen-bond acceptors (Lipinski definition) is 5. The maximum absolute atomic E-state index is 5.36. The number of morpholine rings is 1. The average Bonchev–Trinajstić information content (AvgIpc) is 2.57. The van der Waals surface area contributed by atoms with Crippen LogP contribution in [0.25, 0.3) is 0 Å². The Hall–Kier alpha value is -2.40. The number of benzene rings is 1. The molecule has 2 heterocycles. The van der Waals surface area contributed by atoms with Crippen molar-refractivity contribution in [2.24, 2.45) is 5.10 Å². The highest BCUT2D eigenvalue weighted by molar-refractivity contribution is 5.80. The summed E-state index contributed by atoms with van der Waals surface area (Å²) in [6.07, 6.45) is 3.52. The largest absolute Gasteiger partial charge is 0.378 e. The van der Waals surface area contributed by atoms with Gasteiger partial charge in [-0.05, 0) is 29.8 Å². The second-order valence-corrected chi connectivity index (χ2v) is 4.78. The van der Waals surface area contributed by atoms with E-state index < -0.39 is 0 Å². The molecule has 21 heavy (non-hydrogen) atoms. The van der Waals surface area contributed by atoms with Gasteiger partial charge in [-0.15, -0.1) is 0 Å². The Morgan fingerprint density at radius 1 is 1.10 bits per heavy atom. The summed E-state index contributed by atoms with van der Waals surface area (Å²) in [5, 5.41) is 4.18. The lowest BCUT2D eigenvalue weighted by molar-refractivity contribution is 0.122.